The Morgan fingerprint density at radius 3 is 2.10 bits per heavy atom. The van der Waals surface area contributed by atoms with Gasteiger partial charge in [0.15, 0.2) is 0 Å². The van der Waals surface area contributed by atoms with E-state index in [1.807, 2.05) is 0 Å². The molecule has 156 valence electrons. The van der Waals surface area contributed by atoms with E-state index in [0.29, 0.717) is 18.4 Å². The fourth-order valence-corrected chi connectivity index (χ4v) is 10.7. The maximum Gasteiger partial charge on any atom is 0.261 e. The van der Waals surface area contributed by atoms with Crippen LogP contribution in [0.2, 0.25) is 5.04 Å². The molecule has 1 aliphatic heterocycles. The van der Waals surface area contributed by atoms with E-state index in [1.54, 1.807) is 0 Å². The van der Waals surface area contributed by atoms with Crippen molar-refractivity contribution < 1.29 is 9.16 Å². The summed E-state index contributed by atoms with van der Waals surface area (Å²) in [6.07, 6.45) is 4.75. The van der Waals surface area contributed by atoms with Crippen LogP contribution >= 0.6 is 11.6 Å². The number of alkyl halides is 1. The lowest BCUT2D eigenvalue weighted by molar-refractivity contribution is -0.0260. The van der Waals surface area contributed by atoms with Crippen LogP contribution in [0.15, 0.2) is 60.7 Å². The van der Waals surface area contributed by atoms with Gasteiger partial charge in [-0.15, -0.1) is 11.6 Å². The standard InChI is InChI=1S/C25H33ClO2Si/c1-24(2,3)29(20-12-6-4-7-13-20,21-14-8-5-9-15-21)28-23-18-27-25(19-26)17-11-10-16-22(23)25/h4-9,12-15,22-23H,10-11,16-19H2,1-3H3/t22-,23-,25+/m0/s1. The van der Waals surface area contributed by atoms with Crippen LogP contribution in [0.5, 0.6) is 0 Å². The third-order valence-electron chi connectivity index (χ3n) is 7.00. The third-order valence-corrected chi connectivity index (χ3v) is 12.5. The molecule has 0 N–H and O–H groups in total. The number of hydrogen-bond donors (Lipinski definition) is 0. The molecule has 0 bridgehead atoms. The molecule has 29 heavy (non-hydrogen) atoms. The summed E-state index contributed by atoms with van der Waals surface area (Å²) in [4.78, 5) is 0. The summed E-state index contributed by atoms with van der Waals surface area (Å²) in [5.74, 6) is 0.952. The Labute approximate surface area is 181 Å². The Bertz CT molecular complexity index is 765. The Hall–Kier alpha value is -1.13. The molecule has 1 heterocycles. The van der Waals surface area contributed by atoms with Crippen LogP contribution in [0.1, 0.15) is 46.5 Å². The average Bonchev–Trinajstić information content (AvgIpc) is 3.11. The van der Waals surface area contributed by atoms with Gasteiger partial charge in [0.1, 0.15) is 0 Å². The maximum atomic E-state index is 7.39. The van der Waals surface area contributed by atoms with Crippen LogP contribution in [-0.4, -0.2) is 32.5 Å². The summed E-state index contributed by atoms with van der Waals surface area (Å²) >= 11 is 6.46. The fourth-order valence-electron chi connectivity index (χ4n) is 5.54. The molecule has 1 saturated heterocycles. The molecule has 0 radical (unpaired) electrons. The SMILES string of the molecule is CC(C)(C)[Si](O[C@H]1CO[C@@]2(CCl)CCCC[C@@H]12)(c1ccccc1)c1ccccc1. The number of hydrogen-bond acceptors (Lipinski definition) is 2. The molecule has 1 aliphatic carbocycles. The van der Waals surface area contributed by atoms with Gasteiger partial charge in [-0.25, -0.2) is 0 Å². The number of benzene rings is 2. The minimum atomic E-state index is -2.56. The number of fused-ring (bicyclic) bond motifs is 1. The molecular formula is C25H33ClO2Si. The smallest absolute Gasteiger partial charge is 0.261 e. The Balaban J connectivity index is 1.81. The van der Waals surface area contributed by atoms with Gasteiger partial charge >= 0.3 is 0 Å². The van der Waals surface area contributed by atoms with Gasteiger partial charge in [0, 0.05) is 5.92 Å². The molecule has 2 fully saturated rings. The molecule has 4 heteroatoms. The zero-order valence-electron chi connectivity index (χ0n) is 17.9. The fraction of sp³-hybridized carbons (Fsp3) is 0.520. The van der Waals surface area contributed by atoms with E-state index in [9.17, 15) is 0 Å². The van der Waals surface area contributed by atoms with Crippen LogP contribution in [0, 0.1) is 5.92 Å². The Morgan fingerprint density at radius 2 is 1.59 bits per heavy atom. The summed E-state index contributed by atoms with van der Waals surface area (Å²) < 4.78 is 13.8. The van der Waals surface area contributed by atoms with Crippen molar-refractivity contribution in [3.05, 3.63) is 60.7 Å². The summed E-state index contributed by atoms with van der Waals surface area (Å²) in [5.41, 5.74) is -0.199. The van der Waals surface area contributed by atoms with Crippen molar-refractivity contribution in [1.82, 2.24) is 0 Å². The highest BCUT2D eigenvalue weighted by atomic mass is 35.5. The van der Waals surface area contributed by atoms with Crippen molar-refractivity contribution in [3.63, 3.8) is 0 Å². The molecule has 2 nitrogen and oxygen atoms in total. The number of ether oxygens (including phenoxy) is 1. The lowest BCUT2D eigenvalue weighted by atomic mass is 9.75. The monoisotopic (exact) mass is 428 g/mol. The minimum Gasteiger partial charge on any atom is -0.402 e. The van der Waals surface area contributed by atoms with Gasteiger partial charge < -0.3 is 9.16 Å². The lowest BCUT2D eigenvalue weighted by Crippen LogP contribution is -2.68. The molecule has 1 saturated carbocycles. The van der Waals surface area contributed by atoms with Gasteiger partial charge in [0.25, 0.3) is 8.32 Å². The lowest BCUT2D eigenvalue weighted by Gasteiger charge is -2.46. The highest BCUT2D eigenvalue weighted by Gasteiger charge is 2.57. The van der Waals surface area contributed by atoms with Crippen LogP contribution in [0.3, 0.4) is 0 Å². The zero-order chi connectivity index (χ0) is 20.5. The van der Waals surface area contributed by atoms with Gasteiger partial charge in [-0.3, -0.25) is 0 Å². The quantitative estimate of drug-likeness (QED) is 0.485. The van der Waals surface area contributed by atoms with Crippen molar-refractivity contribution in [3.8, 4) is 0 Å². The van der Waals surface area contributed by atoms with Crippen LogP contribution in [0.4, 0.5) is 0 Å². The Morgan fingerprint density at radius 1 is 1.00 bits per heavy atom. The van der Waals surface area contributed by atoms with Gasteiger partial charge in [0.2, 0.25) is 0 Å². The molecule has 2 aromatic carbocycles. The predicted octanol–water partition coefficient (Wildman–Crippen LogP) is 5.13. The van der Waals surface area contributed by atoms with E-state index >= 15 is 0 Å². The molecule has 2 aromatic rings. The van der Waals surface area contributed by atoms with E-state index in [-0.39, 0.29) is 16.7 Å². The van der Waals surface area contributed by atoms with E-state index in [4.69, 9.17) is 20.8 Å². The first-order valence-electron chi connectivity index (χ1n) is 10.9. The zero-order valence-corrected chi connectivity index (χ0v) is 19.6. The Kier molecular flexibility index (Phi) is 5.96. The maximum absolute atomic E-state index is 7.39. The van der Waals surface area contributed by atoms with Crippen molar-refractivity contribution in [2.45, 2.75) is 63.2 Å². The largest absolute Gasteiger partial charge is 0.402 e. The van der Waals surface area contributed by atoms with Gasteiger partial charge in [-0.05, 0) is 28.3 Å². The van der Waals surface area contributed by atoms with Crippen molar-refractivity contribution in [2.75, 3.05) is 12.5 Å². The molecule has 2 aliphatic rings. The van der Waals surface area contributed by atoms with E-state index in [2.05, 4.69) is 81.4 Å². The first-order valence-corrected chi connectivity index (χ1v) is 13.4. The molecular weight excluding hydrogens is 396 g/mol. The van der Waals surface area contributed by atoms with Crippen molar-refractivity contribution >= 4 is 30.3 Å². The van der Waals surface area contributed by atoms with Gasteiger partial charge in [-0.1, -0.05) is 94.3 Å². The molecule has 3 atom stereocenters. The minimum absolute atomic E-state index is 0.0173. The van der Waals surface area contributed by atoms with Gasteiger partial charge in [-0.2, -0.15) is 0 Å². The third kappa shape index (κ3) is 3.61. The van der Waals surface area contributed by atoms with E-state index in [1.165, 1.54) is 23.2 Å². The summed E-state index contributed by atoms with van der Waals surface area (Å²) in [5, 5.41) is 2.65. The molecule has 0 unspecified atom stereocenters. The van der Waals surface area contributed by atoms with E-state index in [0.717, 1.165) is 12.8 Å². The summed E-state index contributed by atoms with van der Waals surface area (Å²) in [6.45, 7) is 7.67. The van der Waals surface area contributed by atoms with Crippen molar-refractivity contribution in [1.29, 1.82) is 0 Å². The first kappa shape index (κ1) is 21.1. The molecule has 0 spiro atoms. The molecule has 4 rings (SSSR count). The van der Waals surface area contributed by atoms with Gasteiger partial charge in [0.05, 0.1) is 24.2 Å². The summed E-state index contributed by atoms with van der Waals surface area (Å²) in [7, 11) is -2.56. The number of halogens is 1. The topological polar surface area (TPSA) is 18.5 Å². The number of rotatable bonds is 5. The first-order chi connectivity index (χ1) is 13.9. The highest BCUT2D eigenvalue weighted by Crippen LogP contribution is 2.48. The van der Waals surface area contributed by atoms with E-state index < -0.39 is 8.32 Å². The van der Waals surface area contributed by atoms with Crippen LogP contribution < -0.4 is 10.4 Å². The highest BCUT2D eigenvalue weighted by molar-refractivity contribution is 6.99. The molecule has 0 aromatic heterocycles. The summed E-state index contributed by atoms with van der Waals surface area (Å²) in [6, 6.07) is 21.8. The normalized spacial score (nSPS) is 27.6. The molecule has 0 amide bonds. The van der Waals surface area contributed by atoms with Crippen LogP contribution in [-0.2, 0) is 9.16 Å². The van der Waals surface area contributed by atoms with Crippen LogP contribution in [0.25, 0.3) is 0 Å². The second-order valence-corrected chi connectivity index (χ2v) is 14.2. The second kappa shape index (κ2) is 8.18. The predicted molar refractivity (Wildman–Crippen MR) is 124 cm³/mol. The second-order valence-electron chi connectivity index (χ2n) is 9.68. The average molecular weight is 429 g/mol. The van der Waals surface area contributed by atoms with Crippen molar-refractivity contribution in [2.24, 2.45) is 5.92 Å².